The van der Waals surface area contributed by atoms with Crippen LogP contribution >= 0.6 is 0 Å². The summed E-state index contributed by atoms with van der Waals surface area (Å²) in [5.41, 5.74) is 8.20. The lowest BCUT2D eigenvalue weighted by atomic mass is 10.1. The van der Waals surface area contributed by atoms with Crippen molar-refractivity contribution in [3.8, 4) is 0 Å². The molecule has 0 saturated carbocycles. The molecule has 1 aromatic carbocycles. The summed E-state index contributed by atoms with van der Waals surface area (Å²) >= 11 is 0. The SMILES string of the molecule is CCN(Cc1ccco1)c1cc(C(=O)N(C)C)ccc1N. The van der Waals surface area contributed by atoms with E-state index >= 15 is 0 Å². The summed E-state index contributed by atoms with van der Waals surface area (Å²) in [6.45, 7) is 3.43. The molecule has 0 aliphatic rings. The molecule has 0 fully saturated rings. The summed E-state index contributed by atoms with van der Waals surface area (Å²) in [6, 6.07) is 9.15. The van der Waals surface area contributed by atoms with Crippen LogP contribution in [-0.2, 0) is 6.54 Å². The highest BCUT2D eigenvalue weighted by molar-refractivity contribution is 5.96. The number of nitrogens with zero attached hydrogens (tertiary/aromatic N) is 2. The van der Waals surface area contributed by atoms with Gasteiger partial charge in [0, 0.05) is 26.2 Å². The predicted molar refractivity (Wildman–Crippen MR) is 84.3 cm³/mol. The average Bonchev–Trinajstić information content (AvgIpc) is 2.97. The molecular weight excluding hydrogens is 266 g/mol. The number of hydrogen-bond donors (Lipinski definition) is 1. The van der Waals surface area contributed by atoms with Gasteiger partial charge in [0.25, 0.3) is 5.91 Å². The number of rotatable bonds is 5. The fourth-order valence-electron chi connectivity index (χ4n) is 2.17. The Morgan fingerprint density at radius 2 is 2.05 bits per heavy atom. The van der Waals surface area contributed by atoms with E-state index in [2.05, 4.69) is 4.90 Å². The molecule has 0 unspecified atom stereocenters. The van der Waals surface area contributed by atoms with Crippen LogP contribution in [0.3, 0.4) is 0 Å². The Morgan fingerprint density at radius 1 is 1.29 bits per heavy atom. The van der Waals surface area contributed by atoms with Gasteiger partial charge in [-0.25, -0.2) is 0 Å². The molecule has 0 saturated heterocycles. The van der Waals surface area contributed by atoms with Gasteiger partial charge in [0.1, 0.15) is 5.76 Å². The second kappa shape index (κ2) is 6.35. The van der Waals surface area contributed by atoms with Gasteiger partial charge in [-0.1, -0.05) is 0 Å². The zero-order chi connectivity index (χ0) is 15.4. The maximum atomic E-state index is 12.1. The van der Waals surface area contributed by atoms with Crippen LogP contribution in [0.15, 0.2) is 41.0 Å². The number of furan rings is 1. The molecule has 2 rings (SSSR count). The minimum absolute atomic E-state index is 0.0368. The molecule has 0 atom stereocenters. The van der Waals surface area contributed by atoms with Crippen LogP contribution in [0.1, 0.15) is 23.0 Å². The molecule has 2 aromatic rings. The molecule has 112 valence electrons. The summed E-state index contributed by atoms with van der Waals surface area (Å²) in [5, 5.41) is 0. The number of carbonyl (C=O) groups is 1. The van der Waals surface area contributed by atoms with Gasteiger partial charge >= 0.3 is 0 Å². The summed E-state index contributed by atoms with van der Waals surface area (Å²) < 4.78 is 5.39. The first-order valence-electron chi connectivity index (χ1n) is 6.91. The number of anilines is 2. The molecule has 0 bridgehead atoms. The highest BCUT2D eigenvalue weighted by atomic mass is 16.3. The van der Waals surface area contributed by atoms with Crippen LogP contribution in [0.4, 0.5) is 11.4 Å². The Kier molecular flexibility index (Phi) is 4.52. The summed E-state index contributed by atoms with van der Waals surface area (Å²) in [5.74, 6) is 0.825. The van der Waals surface area contributed by atoms with Crippen LogP contribution in [0.25, 0.3) is 0 Å². The van der Waals surface area contributed by atoms with E-state index in [0.717, 1.165) is 18.0 Å². The average molecular weight is 287 g/mol. The number of nitrogens with two attached hydrogens (primary N) is 1. The molecule has 21 heavy (non-hydrogen) atoms. The monoisotopic (exact) mass is 287 g/mol. The molecule has 1 amide bonds. The molecule has 5 nitrogen and oxygen atoms in total. The molecule has 0 aliphatic heterocycles. The van der Waals surface area contributed by atoms with Crippen LogP contribution in [0, 0.1) is 0 Å². The van der Waals surface area contributed by atoms with E-state index in [1.54, 1.807) is 37.4 Å². The first-order valence-corrected chi connectivity index (χ1v) is 6.91. The lowest BCUT2D eigenvalue weighted by Crippen LogP contribution is -2.25. The number of benzene rings is 1. The van der Waals surface area contributed by atoms with Crippen molar-refractivity contribution in [2.24, 2.45) is 0 Å². The smallest absolute Gasteiger partial charge is 0.253 e. The van der Waals surface area contributed by atoms with Gasteiger partial charge in [-0.3, -0.25) is 4.79 Å². The van der Waals surface area contributed by atoms with Gasteiger partial charge in [-0.15, -0.1) is 0 Å². The minimum atomic E-state index is -0.0368. The molecule has 0 aliphatic carbocycles. The molecule has 2 N–H and O–H groups in total. The van der Waals surface area contributed by atoms with Crippen molar-refractivity contribution in [3.05, 3.63) is 47.9 Å². The van der Waals surface area contributed by atoms with Gasteiger partial charge in [-0.05, 0) is 37.3 Å². The normalized spacial score (nSPS) is 10.4. The standard InChI is InChI=1S/C16H21N3O2/c1-4-19(11-13-6-5-9-21-13)15-10-12(7-8-14(15)17)16(20)18(2)3/h5-10H,4,11,17H2,1-3H3. The number of carbonyl (C=O) groups excluding carboxylic acids is 1. The van der Waals surface area contributed by atoms with Gasteiger partial charge < -0.3 is 20.0 Å². The fourth-order valence-corrected chi connectivity index (χ4v) is 2.17. The van der Waals surface area contributed by atoms with E-state index in [4.69, 9.17) is 10.2 Å². The van der Waals surface area contributed by atoms with E-state index < -0.39 is 0 Å². The Labute approximate surface area is 124 Å². The minimum Gasteiger partial charge on any atom is -0.467 e. The van der Waals surface area contributed by atoms with Gasteiger partial charge in [0.05, 0.1) is 24.2 Å². The maximum absolute atomic E-state index is 12.1. The highest BCUT2D eigenvalue weighted by Gasteiger charge is 2.15. The molecule has 1 heterocycles. The Morgan fingerprint density at radius 3 is 2.62 bits per heavy atom. The van der Waals surface area contributed by atoms with E-state index in [0.29, 0.717) is 17.8 Å². The maximum Gasteiger partial charge on any atom is 0.253 e. The third-order valence-electron chi connectivity index (χ3n) is 3.33. The zero-order valence-electron chi connectivity index (χ0n) is 12.7. The van der Waals surface area contributed by atoms with E-state index in [9.17, 15) is 4.79 Å². The number of hydrogen-bond acceptors (Lipinski definition) is 4. The lowest BCUT2D eigenvalue weighted by Gasteiger charge is -2.24. The first kappa shape index (κ1) is 15.0. The summed E-state index contributed by atoms with van der Waals surface area (Å²) in [6.07, 6.45) is 1.65. The Hall–Kier alpha value is -2.43. The summed E-state index contributed by atoms with van der Waals surface area (Å²) in [7, 11) is 3.47. The number of nitrogen functional groups attached to an aromatic ring is 1. The molecular formula is C16H21N3O2. The van der Waals surface area contributed by atoms with E-state index in [1.165, 1.54) is 0 Å². The van der Waals surface area contributed by atoms with Crippen LogP contribution in [-0.4, -0.2) is 31.4 Å². The first-order chi connectivity index (χ1) is 10.0. The van der Waals surface area contributed by atoms with Crippen molar-refractivity contribution in [1.82, 2.24) is 4.90 Å². The quantitative estimate of drug-likeness (QED) is 0.859. The molecule has 0 spiro atoms. The highest BCUT2D eigenvalue weighted by Crippen LogP contribution is 2.26. The Balaban J connectivity index is 2.31. The van der Waals surface area contributed by atoms with Crippen molar-refractivity contribution in [2.45, 2.75) is 13.5 Å². The van der Waals surface area contributed by atoms with Gasteiger partial charge in [-0.2, -0.15) is 0 Å². The second-order valence-electron chi connectivity index (χ2n) is 5.07. The molecule has 0 radical (unpaired) electrons. The van der Waals surface area contributed by atoms with Crippen LogP contribution in [0.5, 0.6) is 0 Å². The van der Waals surface area contributed by atoms with Crippen molar-refractivity contribution in [3.63, 3.8) is 0 Å². The van der Waals surface area contributed by atoms with E-state index in [-0.39, 0.29) is 5.91 Å². The van der Waals surface area contributed by atoms with Crippen LogP contribution in [0.2, 0.25) is 0 Å². The second-order valence-corrected chi connectivity index (χ2v) is 5.07. The fraction of sp³-hybridized carbons (Fsp3) is 0.312. The van der Waals surface area contributed by atoms with Gasteiger partial charge in [0.15, 0.2) is 0 Å². The summed E-state index contributed by atoms with van der Waals surface area (Å²) in [4.78, 5) is 15.7. The van der Waals surface area contributed by atoms with Crippen LogP contribution < -0.4 is 10.6 Å². The Bertz CT molecular complexity index is 606. The molecule has 5 heteroatoms. The van der Waals surface area contributed by atoms with E-state index in [1.807, 2.05) is 25.1 Å². The predicted octanol–water partition coefficient (Wildman–Crippen LogP) is 2.59. The lowest BCUT2D eigenvalue weighted by molar-refractivity contribution is 0.0827. The number of amides is 1. The third-order valence-corrected chi connectivity index (χ3v) is 3.33. The van der Waals surface area contributed by atoms with Crippen molar-refractivity contribution < 1.29 is 9.21 Å². The molecule has 1 aromatic heterocycles. The van der Waals surface area contributed by atoms with Crippen molar-refractivity contribution >= 4 is 17.3 Å². The van der Waals surface area contributed by atoms with Gasteiger partial charge in [0.2, 0.25) is 0 Å². The zero-order valence-corrected chi connectivity index (χ0v) is 12.7. The third kappa shape index (κ3) is 3.37. The largest absolute Gasteiger partial charge is 0.467 e. The van der Waals surface area contributed by atoms with Crippen molar-refractivity contribution in [1.29, 1.82) is 0 Å². The van der Waals surface area contributed by atoms with Crippen molar-refractivity contribution in [2.75, 3.05) is 31.3 Å². The topological polar surface area (TPSA) is 62.7 Å².